The van der Waals surface area contributed by atoms with E-state index in [2.05, 4.69) is 16.0 Å². The van der Waals surface area contributed by atoms with Crippen LogP contribution in [0.15, 0.2) is 46.4 Å². The molecule has 0 atom stereocenters. The maximum absolute atomic E-state index is 9.61. The third-order valence-electron chi connectivity index (χ3n) is 2.60. The molecule has 0 unspecified atom stereocenters. The Kier molecular flexibility index (Phi) is 3.64. The normalized spacial score (nSPS) is 9.79. The molecule has 2 rings (SSSR count). The zero-order valence-corrected chi connectivity index (χ0v) is 10.8. The molecule has 0 aromatic heterocycles. The van der Waals surface area contributed by atoms with E-state index in [4.69, 9.17) is 0 Å². The van der Waals surface area contributed by atoms with Crippen LogP contribution in [-0.2, 0) is 0 Å². The maximum Gasteiger partial charge on any atom is 0.142 e. The highest BCUT2D eigenvalue weighted by Crippen LogP contribution is 2.28. The Hall–Kier alpha value is -2.58. The number of phenolic OH excluding ortho intramolecular Hbond substituents is 2. The van der Waals surface area contributed by atoms with Gasteiger partial charge in [-0.1, -0.05) is 12.1 Å². The minimum absolute atomic E-state index is 0.0711. The molecule has 0 aliphatic rings. The summed E-state index contributed by atoms with van der Waals surface area (Å²) < 4.78 is 0. The van der Waals surface area contributed by atoms with E-state index in [1.807, 2.05) is 13.8 Å². The van der Waals surface area contributed by atoms with Gasteiger partial charge in [0.1, 0.15) is 28.9 Å². The molecular weight excluding hydrogens is 240 g/mol. The number of hydrogen-bond acceptors (Lipinski definition) is 4. The summed E-state index contributed by atoms with van der Waals surface area (Å²) in [6, 6.07) is 12.7. The second-order valence-corrected chi connectivity index (χ2v) is 4.31. The number of rotatable bonds is 2. The molecule has 0 spiro atoms. The van der Waals surface area contributed by atoms with E-state index in [1.165, 1.54) is 0 Å². The third kappa shape index (κ3) is 3.21. The van der Waals surface area contributed by atoms with Crippen molar-refractivity contribution in [2.24, 2.45) is 9.98 Å². The zero-order chi connectivity index (χ0) is 13.8. The highest BCUT2D eigenvalue weighted by molar-refractivity contribution is 5.64. The molecule has 0 heterocycles. The van der Waals surface area contributed by atoms with E-state index < -0.39 is 0 Å². The van der Waals surface area contributed by atoms with Crippen LogP contribution in [0.2, 0.25) is 0 Å². The fraction of sp³-hybridized carbons (Fsp3) is 0.133. The Morgan fingerprint density at radius 3 is 1.63 bits per heavy atom. The Balaban J connectivity index is 2.34. The predicted molar refractivity (Wildman–Crippen MR) is 74.9 cm³/mol. The number of nitrogens with zero attached hydrogens (tertiary/aromatic N) is 2. The number of phenols is 2. The molecule has 96 valence electrons. The second-order valence-electron chi connectivity index (χ2n) is 4.31. The fourth-order valence-electron chi connectivity index (χ4n) is 1.58. The number of aliphatic imine (C=N–C) groups is 2. The van der Waals surface area contributed by atoms with Crippen LogP contribution in [0.25, 0.3) is 0 Å². The summed E-state index contributed by atoms with van der Waals surface area (Å²) in [7, 11) is 0. The summed E-state index contributed by atoms with van der Waals surface area (Å²) in [6.45, 7) is 3.81. The Morgan fingerprint density at radius 1 is 0.789 bits per heavy atom. The summed E-state index contributed by atoms with van der Waals surface area (Å²) in [4.78, 5) is 7.91. The summed E-state index contributed by atoms with van der Waals surface area (Å²) >= 11 is 0. The number of benzene rings is 2. The van der Waals surface area contributed by atoms with Gasteiger partial charge in [-0.05, 0) is 49.2 Å². The molecular formula is C15H14N2O2. The van der Waals surface area contributed by atoms with Crippen molar-refractivity contribution in [1.29, 1.82) is 0 Å². The van der Waals surface area contributed by atoms with Gasteiger partial charge in [0.25, 0.3) is 0 Å². The first-order valence-corrected chi connectivity index (χ1v) is 5.82. The smallest absolute Gasteiger partial charge is 0.142 e. The van der Waals surface area contributed by atoms with Gasteiger partial charge < -0.3 is 10.2 Å². The van der Waals surface area contributed by atoms with Crippen molar-refractivity contribution in [2.75, 3.05) is 0 Å². The van der Waals surface area contributed by atoms with Crippen molar-refractivity contribution in [3.63, 3.8) is 0 Å². The summed E-state index contributed by atoms with van der Waals surface area (Å²) in [6.07, 6.45) is 0. The molecule has 0 amide bonds. The lowest BCUT2D eigenvalue weighted by Gasteiger charge is -1.98. The SMILES string of the molecule is Cc1ccc(O)c(N=C=Nc2cc(C)ccc2O)c1. The van der Waals surface area contributed by atoms with Crippen molar-refractivity contribution >= 4 is 17.4 Å². The van der Waals surface area contributed by atoms with E-state index in [0.717, 1.165) is 11.1 Å². The maximum atomic E-state index is 9.61. The summed E-state index contributed by atoms with van der Waals surface area (Å²) in [5.74, 6) is 0.142. The van der Waals surface area contributed by atoms with Crippen molar-refractivity contribution < 1.29 is 10.2 Å². The van der Waals surface area contributed by atoms with E-state index in [9.17, 15) is 10.2 Å². The molecule has 0 radical (unpaired) electrons. The quantitative estimate of drug-likeness (QED) is 0.799. The first-order chi connectivity index (χ1) is 9.06. The molecule has 0 bridgehead atoms. The van der Waals surface area contributed by atoms with Crippen LogP contribution in [0.1, 0.15) is 11.1 Å². The van der Waals surface area contributed by atoms with Gasteiger partial charge >= 0.3 is 0 Å². The van der Waals surface area contributed by atoms with Gasteiger partial charge in [0.15, 0.2) is 0 Å². The average Bonchev–Trinajstić information content (AvgIpc) is 2.38. The van der Waals surface area contributed by atoms with Gasteiger partial charge in [0.05, 0.1) is 0 Å². The molecule has 2 aromatic rings. The monoisotopic (exact) mass is 254 g/mol. The minimum Gasteiger partial charge on any atom is -0.506 e. The highest BCUT2D eigenvalue weighted by atomic mass is 16.3. The molecule has 19 heavy (non-hydrogen) atoms. The van der Waals surface area contributed by atoms with Crippen LogP contribution in [0.5, 0.6) is 11.5 Å². The number of aryl methyl sites for hydroxylation is 2. The summed E-state index contributed by atoms with van der Waals surface area (Å²) in [5, 5.41) is 19.2. The van der Waals surface area contributed by atoms with Crippen LogP contribution >= 0.6 is 0 Å². The third-order valence-corrected chi connectivity index (χ3v) is 2.60. The van der Waals surface area contributed by atoms with Crippen LogP contribution in [-0.4, -0.2) is 16.2 Å². The Labute approximate surface area is 111 Å². The fourth-order valence-corrected chi connectivity index (χ4v) is 1.58. The first-order valence-electron chi connectivity index (χ1n) is 5.82. The Morgan fingerprint density at radius 2 is 1.21 bits per heavy atom. The molecule has 4 heteroatoms. The average molecular weight is 254 g/mol. The van der Waals surface area contributed by atoms with Gasteiger partial charge in [0, 0.05) is 0 Å². The van der Waals surface area contributed by atoms with E-state index in [1.54, 1.807) is 36.4 Å². The molecule has 0 saturated heterocycles. The lowest BCUT2D eigenvalue weighted by atomic mass is 10.2. The molecule has 4 nitrogen and oxygen atoms in total. The standard InChI is InChI=1S/C15H14N2O2/c1-10-3-5-14(18)12(7-10)16-9-17-13-8-11(2)4-6-15(13)19/h3-8,18-19H,1-2H3. The second kappa shape index (κ2) is 5.38. The van der Waals surface area contributed by atoms with Crippen LogP contribution in [0, 0.1) is 13.8 Å². The van der Waals surface area contributed by atoms with E-state index in [0.29, 0.717) is 11.4 Å². The Bertz CT molecular complexity index is 616. The number of aromatic hydroxyl groups is 2. The minimum atomic E-state index is 0.0711. The molecule has 2 aromatic carbocycles. The molecule has 0 aliphatic carbocycles. The zero-order valence-electron chi connectivity index (χ0n) is 10.8. The van der Waals surface area contributed by atoms with Gasteiger partial charge in [0.2, 0.25) is 0 Å². The number of hydrogen-bond donors (Lipinski definition) is 2. The van der Waals surface area contributed by atoms with Gasteiger partial charge in [-0.3, -0.25) is 0 Å². The van der Waals surface area contributed by atoms with Gasteiger partial charge in [-0.2, -0.15) is 9.98 Å². The van der Waals surface area contributed by atoms with Crippen LogP contribution in [0.4, 0.5) is 11.4 Å². The van der Waals surface area contributed by atoms with Crippen LogP contribution in [0.3, 0.4) is 0 Å². The molecule has 0 saturated carbocycles. The molecule has 0 aliphatic heterocycles. The lowest BCUT2D eigenvalue weighted by molar-refractivity contribution is 0.476. The summed E-state index contributed by atoms with van der Waals surface area (Å²) in [5.41, 5.74) is 2.76. The van der Waals surface area contributed by atoms with Crippen molar-refractivity contribution in [3.8, 4) is 11.5 Å². The molecule has 2 N–H and O–H groups in total. The van der Waals surface area contributed by atoms with Crippen LogP contribution < -0.4 is 0 Å². The topological polar surface area (TPSA) is 65.2 Å². The van der Waals surface area contributed by atoms with Crippen molar-refractivity contribution in [1.82, 2.24) is 0 Å². The largest absolute Gasteiger partial charge is 0.506 e. The van der Waals surface area contributed by atoms with Gasteiger partial charge in [-0.25, -0.2) is 0 Å². The van der Waals surface area contributed by atoms with Crippen molar-refractivity contribution in [3.05, 3.63) is 47.5 Å². The lowest BCUT2D eigenvalue weighted by Crippen LogP contribution is -1.73. The first kappa shape index (κ1) is 12.9. The van der Waals surface area contributed by atoms with E-state index >= 15 is 0 Å². The van der Waals surface area contributed by atoms with Gasteiger partial charge in [-0.15, -0.1) is 0 Å². The van der Waals surface area contributed by atoms with E-state index in [-0.39, 0.29) is 11.5 Å². The highest BCUT2D eigenvalue weighted by Gasteiger charge is 1.99. The predicted octanol–water partition coefficient (Wildman–Crippen LogP) is 3.85. The molecule has 0 fully saturated rings. The van der Waals surface area contributed by atoms with Crippen molar-refractivity contribution in [2.45, 2.75) is 13.8 Å².